The van der Waals surface area contributed by atoms with E-state index in [0.29, 0.717) is 16.3 Å². The molecule has 0 aliphatic heterocycles. The number of aromatic nitrogens is 1. The molecule has 5 nitrogen and oxygen atoms in total. The molecule has 1 aromatic carbocycles. The van der Waals surface area contributed by atoms with Gasteiger partial charge < -0.3 is 4.57 Å². The number of nitrogens with zero attached hydrogens (tertiary/aromatic N) is 3. The summed E-state index contributed by atoms with van der Waals surface area (Å²) < 4.78 is 1.76. The highest BCUT2D eigenvalue weighted by molar-refractivity contribution is 6.33. The van der Waals surface area contributed by atoms with E-state index in [9.17, 15) is 4.79 Å². The zero-order chi connectivity index (χ0) is 15.4. The average molecular weight is 301 g/mol. The van der Waals surface area contributed by atoms with Crippen LogP contribution in [0.4, 0.5) is 0 Å². The fourth-order valence-electron chi connectivity index (χ4n) is 1.83. The van der Waals surface area contributed by atoms with Gasteiger partial charge in [0.1, 0.15) is 11.8 Å². The van der Waals surface area contributed by atoms with Crippen LogP contribution in [0.15, 0.2) is 35.4 Å². The number of amides is 1. The van der Waals surface area contributed by atoms with Crippen molar-refractivity contribution in [2.45, 2.75) is 6.92 Å². The summed E-state index contributed by atoms with van der Waals surface area (Å²) >= 11 is 5.93. The second-order valence-electron chi connectivity index (χ2n) is 4.42. The minimum Gasteiger partial charge on any atom is -0.339 e. The van der Waals surface area contributed by atoms with E-state index in [1.807, 2.05) is 6.92 Å². The summed E-state index contributed by atoms with van der Waals surface area (Å²) in [5.41, 5.74) is 4.97. The summed E-state index contributed by atoms with van der Waals surface area (Å²) in [5, 5.41) is 13.2. The Morgan fingerprint density at radius 3 is 2.81 bits per heavy atom. The van der Waals surface area contributed by atoms with E-state index >= 15 is 0 Å². The van der Waals surface area contributed by atoms with Gasteiger partial charge in [-0.2, -0.15) is 10.4 Å². The van der Waals surface area contributed by atoms with Crippen LogP contribution in [-0.4, -0.2) is 16.7 Å². The van der Waals surface area contributed by atoms with Crippen molar-refractivity contribution in [2.75, 3.05) is 0 Å². The predicted octanol–water partition coefficient (Wildman–Crippen LogP) is 2.62. The molecule has 0 aliphatic carbocycles. The lowest BCUT2D eigenvalue weighted by atomic mass is 10.2. The molecule has 6 heteroatoms. The number of nitriles is 1. The van der Waals surface area contributed by atoms with Crippen molar-refractivity contribution >= 4 is 23.7 Å². The van der Waals surface area contributed by atoms with Crippen LogP contribution in [0.1, 0.15) is 27.3 Å². The zero-order valence-electron chi connectivity index (χ0n) is 11.6. The summed E-state index contributed by atoms with van der Waals surface area (Å²) in [6.45, 7) is 1.87. The predicted molar refractivity (Wildman–Crippen MR) is 81.4 cm³/mol. The maximum absolute atomic E-state index is 11.9. The molecule has 0 saturated heterocycles. The van der Waals surface area contributed by atoms with E-state index in [2.05, 4.69) is 16.6 Å². The molecule has 0 fully saturated rings. The van der Waals surface area contributed by atoms with Crippen LogP contribution in [0.25, 0.3) is 0 Å². The Morgan fingerprint density at radius 1 is 1.48 bits per heavy atom. The van der Waals surface area contributed by atoms with Gasteiger partial charge in [0.25, 0.3) is 5.91 Å². The van der Waals surface area contributed by atoms with Gasteiger partial charge in [-0.1, -0.05) is 23.7 Å². The van der Waals surface area contributed by atoms with E-state index in [4.69, 9.17) is 16.9 Å². The highest BCUT2D eigenvalue weighted by atomic mass is 35.5. The third kappa shape index (κ3) is 3.12. The molecule has 2 rings (SSSR count). The van der Waals surface area contributed by atoms with Crippen LogP contribution in [0, 0.1) is 18.3 Å². The smallest absolute Gasteiger partial charge is 0.272 e. The number of carbonyl (C=O) groups is 1. The number of hydrogen-bond acceptors (Lipinski definition) is 3. The molecule has 0 aliphatic rings. The van der Waals surface area contributed by atoms with Crippen molar-refractivity contribution in [3.05, 3.63) is 57.9 Å². The van der Waals surface area contributed by atoms with Crippen LogP contribution >= 0.6 is 11.6 Å². The van der Waals surface area contributed by atoms with E-state index in [-0.39, 0.29) is 5.91 Å². The molecule has 0 bridgehead atoms. The first-order valence-corrected chi connectivity index (χ1v) is 6.56. The number of nitrogens with one attached hydrogen (secondary N) is 1. The highest BCUT2D eigenvalue weighted by Gasteiger charge is 2.09. The molecule has 1 N–H and O–H groups in total. The highest BCUT2D eigenvalue weighted by Crippen LogP contribution is 2.14. The molecule has 21 heavy (non-hydrogen) atoms. The maximum atomic E-state index is 11.9. The third-order valence-corrected chi connectivity index (χ3v) is 3.51. The molecule has 0 spiro atoms. The van der Waals surface area contributed by atoms with Gasteiger partial charge in [0, 0.05) is 18.3 Å². The largest absolute Gasteiger partial charge is 0.339 e. The minimum atomic E-state index is -0.383. The zero-order valence-corrected chi connectivity index (χ0v) is 12.3. The first kappa shape index (κ1) is 14.8. The average Bonchev–Trinajstić information content (AvgIpc) is 2.75. The Kier molecular flexibility index (Phi) is 4.41. The Balaban J connectivity index is 2.12. The minimum absolute atomic E-state index is 0.360. The number of carbonyl (C=O) groups excluding carboxylic acids is 1. The van der Waals surface area contributed by atoms with E-state index in [1.165, 1.54) is 6.21 Å². The van der Waals surface area contributed by atoms with Gasteiger partial charge in [-0.15, -0.1) is 0 Å². The normalized spacial score (nSPS) is 10.6. The van der Waals surface area contributed by atoms with Gasteiger partial charge in [-0.05, 0) is 25.1 Å². The fourth-order valence-corrected chi connectivity index (χ4v) is 2.05. The van der Waals surface area contributed by atoms with E-state index in [1.54, 1.807) is 41.9 Å². The number of benzene rings is 1. The standard InChI is InChI=1S/C15H13ClN4O/c1-10-11(7-12(8-17)20(10)2)9-18-19-15(21)13-5-3-4-6-14(13)16/h3-7,9H,1-2H3,(H,19,21)/b18-9-. The molecule has 0 atom stereocenters. The molecular formula is C15H13ClN4O. The van der Waals surface area contributed by atoms with Gasteiger partial charge in [0.05, 0.1) is 16.8 Å². The monoisotopic (exact) mass is 300 g/mol. The van der Waals surface area contributed by atoms with Crippen molar-refractivity contribution in [2.24, 2.45) is 12.1 Å². The van der Waals surface area contributed by atoms with Crippen LogP contribution < -0.4 is 5.43 Å². The van der Waals surface area contributed by atoms with Crippen molar-refractivity contribution in [1.82, 2.24) is 9.99 Å². The molecule has 0 unspecified atom stereocenters. The number of halogens is 1. The summed E-state index contributed by atoms with van der Waals surface area (Å²) in [4.78, 5) is 11.9. The maximum Gasteiger partial charge on any atom is 0.272 e. The SMILES string of the molecule is Cc1c(/C=N\NC(=O)c2ccccc2Cl)cc(C#N)n1C. The lowest BCUT2D eigenvalue weighted by Crippen LogP contribution is -2.18. The summed E-state index contributed by atoms with van der Waals surface area (Å²) in [5.74, 6) is -0.383. The molecule has 0 radical (unpaired) electrons. The Hall–Kier alpha value is -2.58. The van der Waals surface area contributed by atoms with Gasteiger partial charge in [-0.3, -0.25) is 4.79 Å². The first-order valence-electron chi connectivity index (χ1n) is 6.19. The molecule has 1 aromatic heterocycles. The van der Waals surface area contributed by atoms with Crippen LogP contribution in [-0.2, 0) is 7.05 Å². The molecule has 1 heterocycles. The van der Waals surface area contributed by atoms with Gasteiger partial charge >= 0.3 is 0 Å². The second-order valence-corrected chi connectivity index (χ2v) is 4.83. The number of hydrogen-bond donors (Lipinski definition) is 1. The first-order chi connectivity index (χ1) is 10.0. The van der Waals surface area contributed by atoms with E-state index in [0.717, 1.165) is 11.3 Å². The van der Waals surface area contributed by atoms with Crippen LogP contribution in [0.2, 0.25) is 5.02 Å². The van der Waals surface area contributed by atoms with Gasteiger partial charge in [-0.25, -0.2) is 5.43 Å². The fraction of sp³-hybridized carbons (Fsp3) is 0.133. The van der Waals surface area contributed by atoms with Crippen molar-refractivity contribution in [3.63, 3.8) is 0 Å². The molecule has 2 aromatic rings. The van der Waals surface area contributed by atoms with Crippen LogP contribution in [0.5, 0.6) is 0 Å². The lowest BCUT2D eigenvalue weighted by Gasteiger charge is -2.01. The summed E-state index contributed by atoms with van der Waals surface area (Å²) in [6.07, 6.45) is 1.50. The Bertz CT molecular complexity index is 756. The lowest BCUT2D eigenvalue weighted by molar-refractivity contribution is 0.0955. The Morgan fingerprint density at radius 2 is 2.19 bits per heavy atom. The number of hydrazone groups is 1. The van der Waals surface area contributed by atoms with Crippen molar-refractivity contribution < 1.29 is 4.79 Å². The third-order valence-electron chi connectivity index (χ3n) is 3.18. The van der Waals surface area contributed by atoms with Crippen molar-refractivity contribution in [3.8, 4) is 6.07 Å². The second kappa shape index (κ2) is 6.25. The number of rotatable bonds is 3. The van der Waals surface area contributed by atoms with Gasteiger partial charge in [0.2, 0.25) is 0 Å². The quantitative estimate of drug-likeness (QED) is 0.699. The van der Waals surface area contributed by atoms with Crippen molar-refractivity contribution in [1.29, 1.82) is 5.26 Å². The summed E-state index contributed by atoms with van der Waals surface area (Å²) in [7, 11) is 1.80. The van der Waals surface area contributed by atoms with Crippen LogP contribution in [0.3, 0.4) is 0 Å². The molecule has 106 valence electrons. The molecule has 1 amide bonds. The summed E-state index contributed by atoms with van der Waals surface area (Å²) in [6, 6.07) is 10.5. The van der Waals surface area contributed by atoms with E-state index < -0.39 is 0 Å². The molecular weight excluding hydrogens is 288 g/mol. The van der Waals surface area contributed by atoms with Gasteiger partial charge in [0.15, 0.2) is 0 Å². The Labute approximate surface area is 127 Å². The molecule has 0 saturated carbocycles. The topological polar surface area (TPSA) is 70.2 Å².